The Balaban J connectivity index is 1.30. The van der Waals surface area contributed by atoms with E-state index in [0.717, 1.165) is 48.6 Å². The molecule has 0 N–H and O–H groups in total. The van der Waals surface area contributed by atoms with E-state index in [1.54, 1.807) is 6.33 Å². The molecule has 0 radical (unpaired) electrons. The van der Waals surface area contributed by atoms with Crippen molar-refractivity contribution in [2.24, 2.45) is 11.8 Å². The molecule has 0 bridgehead atoms. The number of anilines is 1. The highest BCUT2D eigenvalue weighted by molar-refractivity contribution is 7.00. The molecule has 132 valence electrons. The molecule has 7 nitrogen and oxygen atoms in total. The Morgan fingerprint density at radius 2 is 1.88 bits per heavy atom. The predicted octanol–water partition coefficient (Wildman–Crippen LogP) is 2.00. The molecule has 0 saturated carbocycles. The van der Waals surface area contributed by atoms with Crippen molar-refractivity contribution in [3.8, 4) is 0 Å². The first-order valence-electron chi connectivity index (χ1n) is 8.72. The molecule has 2 fully saturated rings. The highest BCUT2D eigenvalue weighted by Gasteiger charge is 2.42. The van der Waals surface area contributed by atoms with Crippen LogP contribution in [0.3, 0.4) is 0 Å². The van der Waals surface area contributed by atoms with Crippen LogP contribution in [0.5, 0.6) is 0 Å². The molecular weight excluding hydrogens is 348 g/mol. The lowest BCUT2D eigenvalue weighted by Crippen LogP contribution is -2.33. The Kier molecular flexibility index (Phi) is 3.59. The SMILES string of the molecule is Cc1cncnc1N1CC2CN(C(=O)c3ccc4nsnc4c3)CC2C1. The number of hydrogen-bond acceptors (Lipinski definition) is 7. The molecule has 0 spiro atoms. The number of hydrogen-bond donors (Lipinski definition) is 0. The number of carbonyl (C=O) groups excluding carboxylic acids is 1. The number of amides is 1. The summed E-state index contributed by atoms with van der Waals surface area (Å²) in [5.41, 5.74) is 3.45. The molecule has 2 aliphatic rings. The molecule has 2 saturated heterocycles. The highest BCUT2D eigenvalue weighted by Crippen LogP contribution is 2.34. The first kappa shape index (κ1) is 15.6. The van der Waals surface area contributed by atoms with Crippen LogP contribution in [0, 0.1) is 18.8 Å². The van der Waals surface area contributed by atoms with Crippen molar-refractivity contribution in [3.63, 3.8) is 0 Å². The lowest BCUT2D eigenvalue weighted by Gasteiger charge is -2.23. The second-order valence-corrected chi connectivity index (χ2v) is 7.66. The molecule has 4 heterocycles. The van der Waals surface area contributed by atoms with Gasteiger partial charge in [0.2, 0.25) is 0 Å². The Labute approximate surface area is 155 Å². The second kappa shape index (κ2) is 5.98. The zero-order chi connectivity index (χ0) is 17.7. The summed E-state index contributed by atoms with van der Waals surface area (Å²) in [6.07, 6.45) is 3.46. The first-order valence-corrected chi connectivity index (χ1v) is 9.45. The van der Waals surface area contributed by atoms with Gasteiger partial charge < -0.3 is 9.80 Å². The van der Waals surface area contributed by atoms with E-state index in [9.17, 15) is 4.79 Å². The van der Waals surface area contributed by atoms with Crippen LogP contribution < -0.4 is 4.90 Å². The van der Waals surface area contributed by atoms with E-state index in [1.807, 2.05) is 36.2 Å². The fraction of sp³-hybridized carbons (Fsp3) is 0.389. The van der Waals surface area contributed by atoms with Gasteiger partial charge >= 0.3 is 0 Å². The summed E-state index contributed by atoms with van der Waals surface area (Å²) in [6.45, 7) is 5.54. The normalized spacial score (nSPS) is 22.2. The van der Waals surface area contributed by atoms with Crippen molar-refractivity contribution in [3.05, 3.63) is 41.9 Å². The number of aromatic nitrogens is 4. The maximum Gasteiger partial charge on any atom is 0.253 e. The molecule has 2 atom stereocenters. The van der Waals surface area contributed by atoms with E-state index in [4.69, 9.17) is 0 Å². The summed E-state index contributed by atoms with van der Waals surface area (Å²) < 4.78 is 8.44. The van der Waals surface area contributed by atoms with Gasteiger partial charge in [-0.05, 0) is 25.1 Å². The van der Waals surface area contributed by atoms with Gasteiger partial charge in [-0.25, -0.2) is 9.97 Å². The van der Waals surface area contributed by atoms with Crippen molar-refractivity contribution in [1.29, 1.82) is 0 Å². The highest BCUT2D eigenvalue weighted by atomic mass is 32.1. The Morgan fingerprint density at radius 3 is 2.65 bits per heavy atom. The molecule has 5 rings (SSSR count). The average Bonchev–Trinajstić information content (AvgIpc) is 3.35. The molecule has 0 aliphatic carbocycles. The van der Waals surface area contributed by atoms with Crippen LogP contribution in [-0.4, -0.2) is 55.7 Å². The summed E-state index contributed by atoms with van der Waals surface area (Å²) in [5, 5.41) is 0. The zero-order valence-electron chi connectivity index (χ0n) is 14.4. The number of likely N-dealkylation sites (tertiary alicyclic amines) is 1. The van der Waals surface area contributed by atoms with Crippen LogP contribution in [-0.2, 0) is 0 Å². The van der Waals surface area contributed by atoms with Gasteiger partial charge in [-0.2, -0.15) is 8.75 Å². The Hall–Kier alpha value is -2.61. The van der Waals surface area contributed by atoms with Gasteiger partial charge in [0.25, 0.3) is 5.91 Å². The number of fused-ring (bicyclic) bond motifs is 2. The average molecular weight is 366 g/mol. The van der Waals surface area contributed by atoms with Crippen molar-refractivity contribution >= 4 is 34.5 Å². The quantitative estimate of drug-likeness (QED) is 0.691. The van der Waals surface area contributed by atoms with Crippen molar-refractivity contribution in [2.45, 2.75) is 6.92 Å². The summed E-state index contributed by atoms with van der Waals surface area (Å²) >= 11 is 1.18. The Morgan fingerprint density at radius 1 is 1.12 bits per heavy atom. The van der Waals surface area contributed by atoms with Gasteiger partial charge in [0, 0.05) is 55.3 Å². The summed E-state index contributed by atoms with van der Waals surface area (Å²) in [4.78, 5) is 25.7. The lowest BCUT2D eigenvalue weighted by molar-refractivity contribution is 0.0782. The maximum absolute atomic E-state index is 12.9. The van der Waals surface area contributed by atoms with Crippen molar-refractivity contribution in [2.75, 3.05) is 31.1 Å². The summed E-state index contributed by atoms with van der Waals surface area (Å²) in [5.74, 6) is 2.11. The van der Waals surface area contributed by atoms with E-state index < -0.39 is 0 Å². The van der Waals surface area contributed by atoms with Gasteiger partial charge in [-0.1, -0.05) is 0 Å². The Bertz CT molecular complexity index is 974. The van der Waals surface area contributed by atoms with Crippen LogP contribution in [0.1, 0.15) is 15.9 Å². The number of carbonyl (C=O) groups is 1. The molecule has 2 aliphatic heterocycles. The molecule has 3 aromatic rings. The lowest BCUT2D eigenvalue weighted by atomic mass is 10.0. The smallest absolute Gasteiger partial charge is 0.253 e. The van der Waals surface area contributed by atoms with E-state index in [1.165, 1.54) is 11.7 Å². The van der Waals surface area contributed by atoms with E-state index in [-0.39, 0.29) is 5.91 Å². The number of aryl methyl sites for hydroxylation is 1. The van der Waals surface area contributed by atoms with Crippen LogP contribution >= 0.6 is 11.7 Å². The minimum absolute atomic E-state index is 0.0964. The predicted molar refractivity (Wildman–Crippen MR) is 99.3 cm³/mol. The number of benzene rings is 1. The van der Waals surface area contributed by atoms with Crippen molar-refractivity contribution in [1.82, 2.24) is 23.6 Å². The standard InChI is InChI=1S/C18H18N6OS/c1-11-5-19-10-20-17(11)23-6-13-8-24(9-14(13)7-23)18(25)12-2-3-15-16(4-12)22-26-21-15/h2-5,10,13-14H,6-9H2,1H3. The molecule has 1 aromatic carbocycles. The van der Waals surface area contributed by atoms with Gasteiger partial charge in [0.05, 0.1) is 11.7 Å². The molecule has 2 unspecified atom stereocenters. The van der Waals surface area contributed by atoms with E-state index in [2.05, 4.69) is 23.6 Å². The molecule has 26 heavy (non-hydrogen) atoms. The number of nitrogens with zero attached hydrogens (tertiary/aromatic N) is 6. The second-order valence-electron chi connectivity index (χ2n) is 7.13. The third kappa shape index (κ3) is 2.52. The fourth-order valence-electron chi connectivity index (χ4n) is 4.15. The fourth-order valence-corrected chi connectivity index (χ4v) is 4.67. The van der Waals surface area contributed by atoms with E-state index >= 15 is 0 Å². The first-order chi connectivity index (χ1) is 12.7. The van der Waals surface area contributed by atoms with Gasteiger partial charge in [0.15, 0.2) is 0 Å². The molecule has 1 amide bonds. The van der Waals surface area contributed by atoms with Crippen LogP contribution in [0.2, 0.25) is 0 Å². The third-order valence-corrected chi connectivity index (χ3v) is 6.00. The third-order valence-electron chi connectivity index (χ3n) is 5.44. The molecular formula is C18H18N6OS. The zero-order valence-corrected chi connectivity index (χ0v) is 15.2. The van der Waals surface area contributed by atoms with Gasteiger partial charge in [0.1, 0.15) is 23.2 Å². The minimum Gasteiger partial charge on any atom is -0.356 e. The van der Waals surface area contributed by atoms with Crippen LogP contribution in [0.25, 0.3) is 11.0 Å². The van der Waals surface area contributed by atoms with Crippen LogP contribution in [0.4, 0.5) is 5.82 Å². The summed E-state index contributed by atoms with van der Waals surface area (Å²) in [7, 11) is 0. The minimum atomic E-state index is 0.0964. The number of rotatable bonds is 2. The summed E-state index contributed by atoms with van der Waals surface area (Å²) in [6, 6.07) is 5.59. The van der Waals surface area contributed by atoms with Crippen molar-refractivity contribution < 1.29 is 4.79 Å². The monoisotopic (exact) mass is 366 g/mol. The molecule has 8 heteroatoms. The van der Waals surface area contributed by atoms with Gasteiger partial charge in [-0.15, -0.1) is 0 Å². The van der Waals surface area contributed by atoms with E-state index in [0.29, 0.717) is 17.4 Å². The molecule has 2 aromatic heterocycles. The maximum atomic E-state index is 12.9. The topological polar surface area (TPSA) is 75.1 Å². The van der Waals surface area contributed by atoms with Gasteiger partial charge in [-0.3, -0.25) is 4.79 Å². The largest absolute Gasteiger partial charge is 0.356 e. The van der Waals surface area contributed by atoms with Crippen LogP contribution in [0.15, 0.2) is 30.7 Å².